The molecule has 4 heteroatoms. The van der Waals surface area contributed by atoms with Crippen molar-refractivity contribution in [3.8, 4) is 0 Å². The summed E-state index contributed by atoms with van der Waals surface area (Å²) in [5.74, 6) is 0.628. The lowest BCUT2D eigenvalue weighted by molar-refractivity contribution is 0.0526. The van der Waals surface area contributed by atoms with E-state index in [0.717, 1.165) is 12.4 Å². The summed E-state index contributed by atoms with van der Waals surface area (Å²) in [5.41, 5.74) is 0.663. The predicted molar refractivity (Wildman–Crippen MR) is 70.9 cm³/mol. The van der Waals surface area contributed by atoms with Crippen molar-refractivity contribution in [3.05, 3.63) is 23.9 Å². The molecular formula is C14H20N2O2. The molecule has 1 aliphatic heterocycles. The first-order valence-electron chi connectivity index (χ1n) is 6.45. The zero-order chi connectivity index (χ0) is 13.2. The molecule has 1 aromatic rings. The van der Waals surface area contributed by atoms with Gasteiger partial charge in [0, 0.05) is 18.3 Å². The Morgan fingerprint density at radius 3 is 2.78 bits per heavy atom. The molecule has 2 rings (SSSR count). The minimum atomic E-state index is -0.308. The molecule has 98 valence electrons. The van der Waals surface area contributed by atoms with Crippen molar-refractivity contribution in [2.75, 3.05) is 18.1 Å². The van der Waals surface area contributed by atoms with Gasteiger partial charge in [-0.3, -0.25) is 0 Å². The summed E-state index contributed by atoms with van der Waals surface area (Å²) in [4.78, 5) is 18.2. The topological polar surface area (TPSA) is 42.4 Å². The van der Waals surface area contributed by atoms with E-state index in [0.29, 0.717) is 12.2 Å². The molecule has 0 atom stereocenters. The van der Waals surface area contributed by atoms with Gasteiger partial charge in [-0.05, 0) is 45.7 Å². The van der Waals surface area contributed by atoms with Crippen molar-refractivity contribution >= 4 is 11.8 Å². The second-order valence-electron chi connectivity index (χ2n) is 5.19. The Hall–Kier alpha value is -1.58. The molecule has 0 N–H and O–H groups in total. The summed E-state index contributed by atoms with van der Waals surface area (Å²) in [5, 5.41) is 0. The number of ether oxygens (including phenoxy) is 1. The normalized spacial score (nSPS) is 17.8. The molecule has 0 aromatic carbocycles. The van der Waals surface area contributed by atoms with E-state index in [1.54, 1.807) is 19.2 Å². The highest BCUT2D eigenvalue weighted by molar-refractivity contribution is 5.89. The fraction of sp³-hybridized carbons (Fsp3) is 0.571. The van der Waals surface area contributed by atoms with E-state index in [4.69, 9.17) is 4.74 Å². The Bertz CT molecular complexity index is 426. The fourth-order valence-corrected chi connectivity index (χ4v) is 2.41. The van der Waals surface area contributed by atoms with E-state index < -0.39 is 0 Å². The van der Waals surface area contributed by atoms with Crippen LogP contribution in [0, 0.1) is 0 Å². The van der Waals surface area contributed by atoms with Crippen molar-refractivity contribution in [2.45, 2.75) is 39.2 Å². The zero-order valence-corrected chi connectivity index (χ0v) is 11.3. The molecular weight excluding hydrogens is 228 g/mol. The Balaban J connectivity index is 2.15. The maximum Gasteiger partial charge on any atom is 0.339 e. The van der Waals surface area contributed by atoms with Gasteiger partial charge in [-0.1, -0.05) is 0 Å². The van der Waals surface area contributed by atoms with Gasteiger partial charge in [0.25, 0.3) is 0 Å². The van der Waals surface area contributed by atoms with E-state index >= 15 is 0 Å². The number of esters is 1. The van der Waals surface area contributed by atoms with E-state index in [9.17, 15) is 4.79 Å². The van der Waals surface area contributed by atoms with Crippen LogP contribution < -0.4 is 4.90 Å². The average molecular weight is 248 g/mol. The maximum absolute atomic E-state index is 11.5. The summed E-state index contributed by atoms with van der Waals surface area (Å²) in [6.07, 6.45) is 3.96. The Morgan fingerprint density at radius 1 is 1.50 bits per heavy atom. The van der Waals surface area contributed by atoms with Crippen molar-refractivity contribution in [2.24, 2.45) is 0 Å². The van der Waals surface area contributed by atoms with E-state index in [1.165, 1.54) is 12.8 Å². The summed E-state index contributed by atoms with van der Waals surface area (Å²) >= 11 is 0. The predicted octanol–water partition coefficient (Wildman–Crippen LogP) is 2.64. The highest BCUT2D eigenvalue weighted by atomic mass is 16.5. The van der Waals surface area contributed by atoms with Gasteiger partial charge in [0.2, 0.25) is 0 Å². The van der Waals surface area contributed by atoms with Crippen LogP contribution in [0.3, 0.4) is 0 Å². The third kappa shape index (κ3) is 2.47. The molecule has 0 unspecified atom stereocenters. The molecule has 1 saturated heterocycles. The molecule has 0 aliphatic carbocycles. The third-order valence-corrected chi connectivity index (χ3v) is 3.44. The Kier molecular flexibility index (Phi) is 3.55. The van der Waals surface area contributed by atoms with Crippen LogP contribution in [0.4, 0.5) is 5.82 Å². The summed E-state index contributed by atoms with van der Waals surface area (Å²) in [6.45, 7) is 7.66. The van der Waals surface area contributed by atoms with Crippen LogP contribution in [0.1, 0.15) is 44.0 Å². The van der Waals surface area contributed by atoms with Gasteiger partial charge in [0.1, 0.15) is 5.82 Å². The van der Waals surface area contributed by atoms with Crippen molar-refractivity contribution in [1.29, 1.82) is 0 Å². The molecule has 0 radical (unpaired) electrons. The molecule has 0 spiro atoms. The molecule has 1 aromatic heterocycles. The number of anilines is 1. The highest BCUT2D eigenvalue weighted by Gasteiger charge is 2.32. The van der Waals surface area contributed by atoms with E-state index in [2.05, 4.69) is 23.7 Å². The third-order valence-electron chi connectivity index (χ3n) is 3.44. The number of nitrogens with zero attached hydrogens (tertiary/aromatic N) is 2. The maximum atomic E-state index is 11.5. The number of aromatic nitrogens is 1. The van der Waals surface area contributed by atoms with Crippen LogP contribution in [-0.4, -0.2) is 29.6 Å². The van der Waals surface area contributed by atoms with Crippen molar-refractivity contribution < 1.29 is 9.53 Å². The Labute approximate surface area is 108 Å². The van der Waals surface area contributed by atoms with Gasteiger partial charge in [-0.2, -0.15) is 0 Å². The lowest BCUT2D eigenvalue weighted by Gasteiger charge is -2.32. The van der Waals surface area contributed by atoms with Crippen LogP contribution in [0.5, 0.6) is 0 Å². The largest absolute Gasteiger partial charge is 0.462 e. The van der Waals surface area contributed by atoms with Crippen LogP contribution in [0.15, 0.2) is 18.3 Å². The standard InChI is InChI=1S/C14H20N2O2/c1-4-18-13(17)11-6-7-12(15-10-11)16-9-5-8-14(16,2)3/h6-7,10H,4-5,8-9H2,1-3H3. The molecule has 2 heterocycles. The first-order chi connectivity index (χ1) is 8.54. The van der Waals surface area contributed by atoms with Crippen LogP contribution in [-0.2, 0) is 4.74 Å². The van der Waals surface area contributed by atoms with E-state index in [-0.39, 0.29) is 11.5 Å². The second kappa shape index (κ2) is 4.96. The molecule has 1 aliphatic rings. The summed E-state index contributed by atoms with van der Waals surface area (Å²) in [6, 6.07) is 3.69. The quantitative estimate of drug-likeness (QED) is 0.771. The number of carbonyl (C=O) groups excluding carboxylic acids is 1. The number of pyridine rings is 1. The summed E-state index contributed by atoms with van der Waals surface area (Å²) in [7, 11) is 0. The van der Waals surface area contributed by atoms with E-state index in [1.807, 2.05) is 6.07 Å². The highest BCUT2D eigenvalue weighted by Crippen LogP contribution is 2.32. The van der Waals surface area contributed by atoms with Crippen LogP contribution in [0.2, 0.25) is 0 Å². The van der Waals surface area contributed by atoms with Gasteiger partial charge >= 0.3 is 5.97 Å². The monoisotopic (exact) mass is 248 g/mol. The van der Waals surface area contributed by atoms with Gasteiger partial charge in [0.05, 0.1) is 12.2 Å². The molecule has 4 nitrogen and oxygen atoms in total. The smallest absolute Gasteiger partial charge is 0.339 e. The molecule has 0 bridgehead atoms. The van der Waals surface area contributed by atoms with Gasteiger partial charge in [-0.25, -0.2) is 9.78 Å². The molecule has 0 saturated carbocycles. The van der Waals surface area contributed by atoms with Crippen molar-refractivity contribution in [1.82, 2.24) is 4.98 Å². The minimum Gasteiger partial charge on any atom is -0.462 e. The van der Waals surface area contributed by atoms with Gasteiger partial charge < -0.3 is 9.64 Å². The molecule has 0 amide bonds. The lowest BCUT2D eigenvalue weighted by Crippen LogP contribution is -2.38. The van der Waals surface area contributed by atoms with Crippen LogP contribution in [0.25, 0.3) is 0 Å². The zero-order valence-electron chi connectivity index (χ0n) is 11.3. The average Bonchev–Trinajstić information content (AvgIpc) is 2.69. The van der Waals surface area contributed by atoms with Crippen molar-refractivity contribution in [3.63, 3.8) is 0 Å². The molecule has 1 fully saturated rings. The minimum absolute atomic E-state index is 0.151. The summed E-state index contributed by atoms with van der Waals surface area (Å²) < 4.78 is 4.94. The fourth-order valence-electron chi connectivity index (χ4n) is 2.41. The first kappa shape index (κ1) is 12.9. The Morgan fingerprint density at radius 2 is 2.28 bits per heavy atom. The van der Waals surface area contributed by atoms with Gasteiger partial charge in [-0.15, -0.1) is 0 Å². The number of rotatable bonds is 3. The van der Waals surface area contributed by atoms with Gasteiger partial charge in [0.15, 0.2) is 0 Å². The molecule has 18 heavy (non-hydrogen) atoms. The first-order valence-corrected chi connectivity index (χ1v) is 6.45. The number of carbonyl (C=O) groups is 1. The second-order valence-corrected chi connectivity index (χ2v) is 5.19. The number of hydrogen-bond donors (Lipinski definition) is 0. The number of hydrogen-bond acceptors (Lipinski definition) is 4. The van der Waals surface area contributed by atoms with Crippen LogP contribution >= 0.6 is 0 Å². The lowest BCUT2D eigenvalue weighted by atomic mass is 10.0. The SMILES string of the molecule is CCOC(=O)c1ccc(N2CCCC2(C)C)nc1.